The smallest absolute Gasteiger partial charge is 0.290 e. The van der Waals surface area contributed by atoms with Gasteiger partial charge in [-0.2, -0.15) is 0 Å². The number of nitrogens with one attached hydrogen (secondary N) is 1. The largest absolute Gasteiger partial charge is 0.494 e. The molecule has 2 rings (SSSR count). The van der Waals surface area contributed by atoms with E-state index in [4.69, 9.17) is 4.74 Å². The number of unbranched alkanes of at least 4 members (excludes halogenated alkanes) is 1. The normalized spacial score (nSPS) is 18.2. The van der Waals surface area contributed by atoms with E-state index in [0.717, 1.165) is 36.0 Å². The number of ether oxygens (including phenoxy) is 1. The molecule has 2 amide bonds. The van der Waals surface area contributed by atoms with Crippen molar-refractivity contribution in [1.82, 2.24) is 4.90 Å². The Kier molecular flexibility index (Phi) is 5.50. The molecule has 0 spiro atoms. The molecule has 0 bridgehead atoms. The number of amides is 2. The summed E-state index contributed by atoms with van der Waals surface area (Å²) in [7, 11) is 0. The fourth-order valence-corrected chi connectivity index (χ4v) is 2.95. The molecule has 114 valence electrons. The molecule has 1 heterocycles. The van der Waals surface area contributed by atoms with Crippen molar-refractivity contribution >= 4 is 28.6 Å². The average Bonchev–Trinajstić information content (AvgIpc) is 2.74. The van der Waals surface area contributed by atoms with Crippen LogP contribution in [0.5, 0.6) is 5.75 Å². The zero-order valence-electron chi connectivity index (χ0n) is 12.3. The van der Waals surface area contributed by atoms with E-state index < -0.39 is 5.37 Å². The quantitative estimate of drug-likeness (QED) is 0.837. The number of imide groups is 1. The highest BCUT2D eigenvalue weighted by molar-refractivity contribution is 8.15. The first kappa shape index (κ1) is 15.7. The Morgan fingerprint density at radius 1 is 1.24 bits per heavy atom. The van der Waals surface area contributed by atoms with Crippen molar-refractivity contribution in [1.29, 1.82) is 0 Å². The van der Waals surface area contributed by atoms with Crippen molar-refractivity contribution in [3.63, 3.8) is 0 Å². The number of nitrogens with zero attached hydrogens (tertiary/aromatic N) is 1. The second-order valence-electron chi connectivity index (χ2n) is 4.71. The van der Waals surface area contributed by atoms with E-state index in [-0.39, 0.29) is 11.1 Å². The van der Waals surface area contributed by atoms with Crippen molar-refractivity contribution in [3.05, 3.63) is 24.3 Å². The van der Waals surface area contributed by atoms with Crippen molar-refractivity contribution in [2.75, 3.05) is 18.5 Å². The lowest BCUT2D eigenvalue weighted by atomic mass is 10.3. The summed E-state index contributed by atoms with van der Waals surface area (Å²) in [6.07, 6.45) is 1.80. The lowest BCUT2D eigenvalue weighted by Crippen LogP contribution is -2.35. The molecule has 1 aromatic carbocycles. The maximum Gasteiger partial charge on any atom is 0.290 e. The van der Waals surface area contributed by atoms with E-state index in [1.54, 1.807) is 0 Å². The van der Waals surface area contributed by atoms with Crippen LogP contribution in [0.4, 0.5) is 10.5 Å². The van der Waals surface area contributed by atoms with Crippen LogP contribution in [0.3, 0.4) is 0 Å². The Labute approximate surface area is 129 Å². The SMILES string of the molecule is CCCCN1C(=O)SC(Nc2ccc(OCC)cc2)C1=O. The molecule has 6 heteroatoms. The van der Waals surface area contributed by atoms with Gasteiger partial charge in [-0.05, 0) is 49.4 Å². The van der Waals surface area contributed by atoms with Gasteiger partial charge in [-0.1, -0.05) is 13.3 Å². The molecule has 0 saturated carbocycles. The van der Waals surface area contributed by atoms with E-state index in [1.165, 1.54) is 4.90 Å². The summed E-state index contributed by atoms with van der Waals surface area (Å²) in [5.74, 6) is 0.626. The molecule has 0 aliphatic carbocycles. The molecule has 0 aromatic heterocycles. The predicted octanol–water partition coefficient (Wildman–Crippen LogP) is 3.32. The van der Waals surface area contributed by atoms with Crippen LogP contribution in [-0.4, -0.2) is 34.6 Å². The summed E-state index contributed by atoms with van der Waals surface area (Å²) in [6.45, 7) is 5.08. The summed E-state index contributed by atoms with van der Waals surface area (Å²) in [6, 6.07) is 7.37. The Morgan fingerprint density at radius 2 is 1.95 bits per heavy atom. The molecule has 5 nitrogen and oxygen atoms in total. The zero-order chi connectivity index (χ0) is 15.2. The molecule has 1 fully saturated rings. The van der Waals surface area contributed by atoms with Crippen molar-refractivity contribution in [3.8, 4) is 5.75 Å². The molecule has 1 aliphatic rings. The fraction of sp³-hybridized carbons (Fsp3) is 0.467. The lowest BCUT2D eigenvalue weighted by molar-refractivity contribution is -0.126. The van der Waals surface area contributed by atoms with Crippen molar-refractivity contribution < 1.29 is 14.3 Å². The first-order valence-corrected chi connectivity index (χ1v) is 8.05. The van der Waals surface area contributed by atoms with Gasteiger partial charge in [0.1, 0.15) is 5.75 Å². The summed E-state index contributed by atoms with van der Waals surface area (Å²) < 4.78 is 5.37. The van der Waals surface area contributed by atoms with Crippen molar-refractivity contribution in [2.45, 2.75) is 32.1 Å². The Bertz CT molecular complexity index is 504. The third-order valence-electron chi connectivity index (χ3n) is 3.13. The van der Waals surface area contributed by atoms with Gasteiger partial charge in [-0.3, -0.25) is 14.5 Å². The Hall–Kier alpha value is -1.69. The van der Waals surface area contributed by atoms with Gasteiger partial charge in [0.15, 0.2) is 5.37 Å². The van der Waals surface area contributed by atoms with Crippen LogP contribution >= 0.6 is 11.8 Å². The van der Waals surface area contributed by atoms with E-state index in [9.17, 15) is 9.59 Å². The Balaban J connectivity index is 1.96. The fourth-order valence-electron chi connectivity index (χ4n) is 2.02. The molecule has 1 aromatic rings. The first-order valence-electron chi connectivity index (χ1n) is 7.17. The zero-order valence-corrected chi connectivity index (χ0v) is 13.1. The van der Waals surface area contributed by atoms with Crippen LogP contribution in [0.2, 0.25) is 0 Å². The van der Waals surface area contributed by atoms with Gasteiger partial charge < -0.3 is 10.1 Å². The molecule has 21 heavy (non-hydrogen) atoms. The van der Waals surface area contributed by atoms with Gasteiger partial charge in [0.05, 0.1) is 6.61 Å². The highest BCUT2D eigenvalue weighted by Gasteiger charge is 2.39. The van der Waals surface area contributed by atoms with Gasteiger partial charge in [-0.25, -0.2) is 0 Å². The molecule has 1 saturated heterocycles. The summed E-state index contributed by atoms with van der Waals surface area (Å²) in [5.41, 5.74) is 0.800. The third-order valence-corrected chi connectivity index (χ3v) is 4.10. The van der Waals surface area contributed by atoms with E-state index in [0.29, 0.717) is 13.2 Å². The minimum Gasteiger partial charge on any atom is -0.494 e. The molecular formula is C15H20N2O3S. The molecule has 1 aliphatic heterocycles. The minimum absolute atomic E-state index is 0.160. The maximum atomic E-state index is 12.2. The number of hydrogen-bond acceptors (Lipinski definition) is 5. The van der Waals surface area contributed by atoms with E-state index in [2.05, 4.69) is 5.32 Å². The monoisotopic (exact) mass is 308 g/mol. The summed E-state index contributed by atoms with van der Waals surface area (Å²) >= 11 is 1.04. The van der Waals surface area contributed by atoms with E-state index in [1.807, 2.05) is 38.1 Å². The number of carbonyl (C=O) groups is 2. The minimum atomic E-state index is -0.535. The summed E-state index contributed by atoms with van der Waals surface area (Å²) in [5, 5.41) is 2.39. The van der Waals surface area contributed by atoms with Crippen LogP contribution in [0, 0.1) is 0 Å². The molecule has 1 atom stereocenters. The lowest BCUT2D eigenvalue weighted by Gasteiger charge is -2.14. The van der Waals surface area contributed by atoms with Crippen LogP contribution in [0.25, 0.3) is 0 Å². The number of anilines is 1. The van der Waals surface area contributed by atoms with Gasteiger partial charge in [0.2, 0.25) is 0 Å². The van der Waals surface area contributed by atoms with E-state index >= 15 is 0 Å². The number of benzene rings is 1. The number of rotatable bonds is 7. The second-order valence-corrected chi connectivity index (χ2v) is 5.77. The molecule has 1 N–H and O–H groups in total. The topological polar surface area (TPSA) is 58.6 Å². The number of thioether (sulfide) groups is 1. The highest BCUT2D eigenvalue weighted by Crippen LogP contribution is 2.29. The maximum absolute atomic E-state index is 12.2. The number of hydrogen-bond donors (Lipinski definition) is 1. The van der Waals surface area contributed by atoms with Gasteiger partial charge in [0.25, 0.3) is 11.1 Å². The highest BCUT2D eigenvalue weighted by atomic mass is 32.2. The van der Waals surface area contributed by atoms with Gasteiger partial charge in [-0.15, -0.1) is 0 Å². The predicted molar refractivity (Wildman–Crippen MR) is 84.6 cm³/mol. The standard InChI is InChI=1S/C15H20N2O3S/c1-3-5-10-17-14(18)13(21-15(17)19)16-11-6-8-12(9-7-11)20-4-2/h6-9,13,16H,3-5,10H2,1-2H3. The van der Waals surface area contributed by atoms with Crippen LogP contribution in [-0.2, 0) is 4.79 Å². The van der Waals surface area contributed by atoms with Gasteiger partial charge >= 0.3 is 0 Å². The van der Waals surface area contributed by atoms with Gasteiger partial charge in [0, 0.05) is 12.2 Å². The third kappa shape index (κ3) is 3.91. The molecule has 1 unspecified atom stereocenters. The molecular weight excluding hydrogens is 288 g/mol. The van der Waals surface area contributed by atoms with Crippen LogP contribution < -0.4 is 10.1 Å². The molecule has 0 radical (unpaired) electrons. The number of carbonyl (C=O) groups excluding carboxylic acids is 2. The Morgan fingerprint density at radius 3 is 2.57 bits per heavy atom. The summed E-state index contributed by atoms with van der Waals surface area (Å²) in [4.78, 5) is 25.4. The van der Waals surface area contributed by atoms with Crippen LogP contribution in [0.1, 0.15) is 26.7 Å². The van der Waals surface area contributed by atoms with Crippen LogP contribution in [0.15, 0.2) is 24.3 Å². The first-order chi connectivity index (χ1) is 10.2. The second kappa shape index (κ2) is 7.36. The van der Waals surface area contributed by atoms with Crippen molar-refractivity contribution in [2.24, 2.45) is 0 Å². The average molecular weight is 308 g/mol.